The molecule has 0 bridgehead atoms. The van der Waals surface area contributed by atoms with E-state index in [1.54, 1.807) is 0 Å². The molecule has 0 radical (unpaired) electrons. The van der Waals surface area contributed by atoms with Crippen molar-refractivity contribution < 1.29 is 5.11 Å². The van der Waals surface area contributed by atoms with Crippen LogP contribution >= 0.6 is 0 Å². The largest absolute Gasteiger partial charge is 0.396 e. The molecule has 0 fully saturated rings. The molecule has 0 aliphatic rings. The molecule has 14 heavy (non-hydrogen) atoms. The van der Waals surface area contributed by atoms with E-state index in [1.165, 1.54) is 11.1 Å². The van der Waals surface area contributed by atoms with E-state index in [-0.39, 0.29) is 6.61 Å². The molecule has 0 saturated carbocycles. The molecule has 1 unspecified atom stereocenters. The van der Waals surface area contributed by atoms with E-state index >= 15 is 0 Å². The van der Waals surface area contributed by atoms with Gasteiger partial charge in [0.25, 0.3) is 0 Å². The van der Waals surface area contributed by atoms with Crippen LogP contribution in [0.5, 0.6) is 0 Å². The van der Waals surface area contributed by atoms with Crippen LogP contribution in [0, 0.1) is 5.92 Å². The average Bonchev–Trinajstić information content (AvgIpc) is 2.18. The minimum Gasteiger partial charge on any atom is -0.396 e. The van der Waals surface area contributed by atoms with Crippen LogP contribution in [0.4, 0.5) is 0 Å². The van der Waals surface area contributed by atoms with E-state index in [0.29, 0.717) is 5.92 Å². The third-order valence-corrected chi connectivity index (χ3v) is 2.34. The maximum Gasteiger partial charge on any atom is 0.0459 e. The van der Waals surface area contributed by atoms with Gasteiger partial charge in [-0.3, -0.25) is 0 Å². The Labute approximate surface area is 86.1 Å². The first-order valence-electron chi connectivity index (χ1n) is 4.99. The highest BCUT2D eigenvalue weighted by molar-refractivity contribution is 5.61. The molecule has 1 atom stereocenters. The molecule has 1 aromatic rings. The lowest BCUT2D eigenvalue weighted by molar-refractivity contribution is 0.237. The minimum absolute atomic E-state index is 0.252. The smallest absolute Gasteiger partial charge is 0.0459 e. The molecule has 1 aromatic carbocycles. The number of aliphatic hydroxyl groups excluding tert-OH is 1. The van der Waals surface area contributed by atoms with Crippen molar-refractivity contribution in [1.82, 2.24) is 0 Å². The number of aliphatic hydroxyl groups is 1. The second-order valence-electron chi connectivity index (χ2n) is 3.97. The molecule has 0 spiro atoms. The van der Waals surface area contributed by atoms with Crippen molar-refractivity contribution in [1.29, 1.82) is 0 Å². The first-order chi connectivity index (χ1) is 6.63. The third kappa shape index (κ3) is 3.00. The Hall–Kier alpha value is -1.08. The van der Waals surface area contributed by atoms with Gasteiger partial charge in [0.05, 0.1) is 0 Å². The summed E-state index contributed by atoms with van der Waals surface area (Å²) < 4.78 is 0. The van der Waals surface area contributed by atoms with Gasteiger partial charge in [0.15, 0.2) is 0 Å². The molecule has 0 aliphatic heterocycles. The topological polar surface area (TPSA) is 20.2 Å². The van der Waals surface area contributed by atoms with E-state index in [4.69, 9.17) is 5.11 Å². The van der Waals surface area contributed by atoms with E-state index < -0.39 is 0 Å². The Kier molecular flexibility index (Phi) is 3.90. The summed E-state index contributed by atoms with van der Waals surface area (Å²) >= 11 is 0. The number of allylic oxidation sites excluding steroid dienone is 1. The van der Waals surface area contributed by atoms with Crippen molar-refractivity contribution in [3.05, 3.63) is 42.0 Å². The highest BCUT2D eigenvalue weighted by atomic mass is 16.3. The lowest BCUT2D eigenvalue weighted by Crippen LogP contribution is -2.04. The molecule has 1 rings (SSSR count). The normalized spacial score (nSPS) is 12.5. The summed E-state index contributed by atoms with van der Waals surface area (Å²) in [5.41, 5.74) is 3.55. The van der Waals surface area contributed by atoms with Crippen molar-refractivity contribution in [3.63, 3.8) is 0 Å². The van der Waals surface area contributed by atoms with Gasteiger partial charge in [-0.1, -0.05) is 43.3 Å². The predicted molar refractivity (Wildman–Crippen MR) is 61.1 cm³/mol. The van der Waals surface area contributed by atoms with E-state index in [9.17, 15) is 0 Å². The molecule has 76 valence electrons. The van der Waals surface area contributed by atoms with Gasteiger partial charge in [-0.15, -0.1) is 0 Å². The Morgan fingerprint density at radius 1 is 1.36 bits per heavy atom. The molecule has 0 aliphatic carbocycles. The second-order valence-corrected chi connectivity index (χ2v) is 3.97. The van der Waals surface area contributed by atoms with Gasteiger partial charge >= 0.3 is 0 Å². The third-order valence-electron chi connectivity index (χ3n) is 2.34. The molecule has 0 saturated heterocycles. The van der Waals surface area contributed by atoms with Gasteiger partial charge in [0.1, 0.15) is 0 Å². The Balaban J connectivity index is 2.68. The summed E-state index contributed by atoms with van der Waals surface area (Å²) in [7, 11) is 0. The molecule has 0 amide bonds. The summed E-state index contributed by atoms with van der Waals surface area (Å²) in [5.74, 6) is 0.339. The van der Waals surface area contributed by atoms with Crippen LogP contribution in [0.1, 0.15) is 25.0 Å². The predicted octanol–water partition coefficient (Wildman–Crippen LogP) is 2.89. The van der Waals surface area contributed by atoms with Crippen LogP contribution in [-0.2, 0) is 6.42 Å². The van der Waals surface area contributed by atoms with Crippen LogP contribution < -0.4 is 0 Å². The van der Waals surface area contributed by atoms with Crippen LogP contribution in [0.15, 0.2) is 30.8 Å². The highest BCUT2D eigenvalue weighted by Gasteiger charge is 2.01. The summed E-state index contributed by atoms with van der Waals surface area (Å²) in [5, 5.41) is 8.92. The van der Waals surface area contributed by atoms with E-state index in [0.717, 1.165) is 12.0 Å². The minimum atomic E-state index is 0.252. The standard InChI is InChI=1S/C13H18O/c1-10(2)13-6-4-12(5-7-13)8-11(3)9-14/h4-7,11,14H,1,8-9H2,2-3H3. The molecular weight excluding hydrogens is 172 g/mol. The first-order valence-corrected chi connectivity index (χ1v) is 4.99. The Bertz CT molecular complexity index is 298. The Morgan fingerprint density at radius 2 is 1.93 bits per heavy atom. The van der Waals surface area contributed by atoms with Gasteiger partial charge in [0, 0.05) is 6.61 Å². The molecular formula is C13H18O. The monoisotopic (exact) mass is 190 g/mol. The number of hydrogen-bond donors (Lipinski definition) is 1. The van der Waals surface area contributed by atoms with Crippen LogP contribution in [-0.4, -0.2) is 11.7 Å². The molecule has 1 N–H and O–H groups in total. The van der Waals surface area contributed by atoms with Crippen LogP contribution in [0.3, 0.4) is 0 Å². The second kappa shape index (κ2) is 4.97. The fourth-order valence-corrected chi connectivity index (χ4v) is 1.39. The number of rotatable bonds is 4. The van der Waals surface area contributed by atoms with Crippen molar-refractivity contribution in [2.24, 2.45) is 5.92 Å². The molecule has 0 aromatic heterocycles. The number of benzene rings is 1. The summed E-state index contributed by atoms with van der Waals surface area (Å²) in [6.07, 6.45) is 0.937. The molecule has 1 nitrogen and oxygen atoms in total. The first kappa shape index (κ1) is 11.0. The fraction of sp³-hybridized carbons (Fsp3) is 0.385. The maximum atomic E-state index is 8.92. The lowest BCUT2D eigenvalue weighted by atomic mass is 9.99. The van der Waals surface area contributed by atoms with Gasteiger partial charge < -0.3 is 5.11 Å². The van der Waals surface area contributed by atoms with Crippen LogP contribution in [0.2, 0.25) is 0 Å². The van der Waals surface area contributed by atoms with Gasteiger partial charge in [0.2, 0.25) is 0 Å². The lowest BCUT2D eigenvalue weighted by Gasteiger charge is -2.08. The van der Waals surface area contributed by atoms with E-state index in [1.807, 2.05) is 13.8 Å². The molecule has 1 heteroatoms. The molecule has 0 heterocycles. The fourth-order valence-electron chi connectivity index (χ4n) is 1.39. The van der Waals surface area contributed by atoms with Gasteiger partial charge in [-0.05, 0) is 30.4 Å². The highest BCUT2D eigenvalue weighted by Crippen LogP contribution is 2.14. The quantitative estimate of drug-likeness (QED) is 0.774. The number of hydrogen-bond acceptors (Lipinski definition) is 1. The van der Waals surface area contributed by atoms with Crippen molar-refractivity contribution in [2.45, 2.75) is 20.3 Å². The summed E-state index contributed by atoms with van der Waals surface area (Å²) in [6, 6.07) is 8.38. The van der Waals surface area contributed by atoms with Crippen LogP contribution in [0.25, 0.3) is 5.57 Å². The zero-order valence-electron chi connectivity index (χ0n) is 8.96. The average molecular weight is 190 g/mol. The zero-order valence-corrected chi connectivity index (χ0v) is 8.96. The maximum absolute atomic E-state index is 8.92. The zero-order chi connectivity index (χ0) is 10.6. The van der Waals surface area contributed by atoms with E-state index in [2.05, 4.69) is 30.8 Å². The van der Waals surface area contributed by atoms with Gasteiger partial charge in [-0.25, -0.2) is 0 Å². The van der Waals surface area contributed by atoms with Gasteiger partial charge in [-0.2, -0.15) is 0 Å². The van der Waals surface area contributed by atoms with Crippen molar-refractivity contribution >= 4 is 5.57 Å². The SMILES string of the molecule is C=C(C)c1ccc(CC(C)CO)cc1. The Morgan fingerprint density at radius 3 is 2.36 bits per heavy atom. The summed E-state index contributed by atoms with van der Waals surface area (Å²) in [4.78, 5) is 0. The van der Waals surface area contributed by atoms with Crippen molar-refractivity contribution in [3.8, 4) is 0 Å². The van der Waals surface area contributed by atoms with Crippen molar-refractivity contribution in [2.75, 3.05) is 6.61 Å². The summed E-state index contributed by atoms with van der Waals surface area (Å²) in [6.45, 7) is 8.20.